The molecule has 0 aliphatic carbocycles. The molecule has 1 aromatic heterocycles. The number of carbonyl (C=O) groups is 1. The summed E-state index contributed by atoms with van der Waals surface area (Å²) < 4.78 is 7.58. The Morgan fingerprint density at radius 3 is 3.00 bits per heavy atom. The van der Waals surface area contributed by atoms with Crippen LogP contribution in [0.5, 0.6) is 0 Å². The number of rotatable bonds is 5. The molecule has 1 atom stereocenters. The molecular weight excluding hydrogens is 336 g/mol. The summed E-state index contributed by atoms with van der Waals surface area (Å²) in [7, 11) is 0. The van der Waals surface area contributed by atoms with Gasteiger partial charge in [0.05, 0.1) is 24.2 Å². The van der Waals surface area contributed by atoms with Gasteiger partial charge in [0.1, 0.15) is 6.33 Å². The van der Waals surface area contributed by atoms with E-state index in [2.05, 4.69) is 49.2 Å². The highest BCUT2D eigenvalue weighted by Crippen LogP contribution is 2.23. The van der Waals surface area contributed by atoms with Crippen LogP contribution in [-0.4, -0.2) is 57.1 Å². The van der Waals surface area contributed by atoms with Gasteiger partial charge in [-0.05, 0) is 31.9 Å². The monoisotopic (exact) mass is 360 g/mol. The van der Waals surface area contributed by atoms with Crippen molar-refractivity contribution in [1.29, 1.82) is 0 Å². The van der Waals surface area contributed by atoms with Gasteiger partial charge in [0.15, 0.2) is 5.16 Å². The van der Waals surface area contributed by atoms with Crippen LogP contribution < -0.4 is 0 Å². The van der Waals surface area contributed by atoms with Crippen molar-refractivity contribution in [3.8, 4) is 5.69 Å². The lowest BCUT2D eigenvalue weighted by Gasteiger charge is -2.32. The number of aryl methyl sites for hydroxylation is 2. The van der Waals surface area contributed by atoms with E-state index in [0.29, 0.717) is 25.4 Å². The molecule has 2 heterocycles. The Bertz CT molecular complexity index is 746. The van der Waals surface area contributed by atoms with Gasteiger partial charge in [0, 0.05) is 13.1 Å². The third-order valence-corrected chi connectivity index (χ3v) is 5.33. The predicted molar refractivity (Wildman–Crippen MR) is 98.2 cm³/mol. The minimum Gasteiger partial charge on any atom is -0.375 e. The molecule has 0 spiro atoms. The number of hydrogen-bond acceptors (Lipinski definition) is 5. The molecule has 0 bridgehead atoms. The van der Waals surface area contributed by atoms with Gasteiger partial charge in [0.2, 0.25) is 5.91 Å². The van der Waals surface area contributed by atoms with E-state index in [1.807, 2.05) is 9.47 Å². The second kappa shape index (κ2) is 8.01. The number of thioether (sulfide) groups is 1. The summed E-state index contributed by atoms with van der Waals surface area (Å²) in [6.45, 7) is 8.19. The minimum atomic E-state index is 0.127. The van der Waals surface area contributed by atoms with Crippen LogP contribution in [0.4, 0.5) is 0 Å². The van der Waals surface area contributed by atoms with Gasteiger partial charge in [-0.25, -0.2) is 0 Å². The maximum absolute atomic E-state index is 12.5. The Labute approximate surface area is 152 Å². The summed E-state index contributed by atoms with van der Waals surface area (Å²) in [5, 5.41) is 8.95. The normalized spacial score (nSPS) is 17.7. The minimum absolute atomic E-state index is 0.127. The highest BCUT2D eigenvalue weighted by atomic mass is 32.2. The lowest BCUT2D eigenvalue weighted by Crippen LogP contribution is -2.46. The standard InChI is InChI=1S/C18H24N4O2S/c1-4-15-10-21(7-8-24-15)17(23)11-25-18-20-19-12-22(18)16-6-5-13(2)9-14(16)3/h5-6,9,12,15H,4,7-8,10-11H2,1-3H3/t15-/m0/s1. The summed E-state index contributed by atoms with van der Waals surface area (Å²) in [5.41, 5.74) is 3.42. The third-order valence-electron chi connectivity index (χ3n) is 4.40. The molecule has 1 fully saturated rings. The predicted octanol–water partition coefficient (Wildman–Crippen LogP) is 2.61. The largest absolute Gasteiger partial charge is 0.375 e. The van der Waals surface area contributed by atoms with Crippen molar-refractivity contribution >= 4 is 17.7 Å². The van der Waals surface area contributed by atoms with Gasteiger partial charge in [-0.1, -0.05) is 36.4 Å². The van der Waals surface area contributed by atoms with Gasteiger partial charge >= 0.3 is 0 Å². The molecule has 1 amide bonds. The van der Waals surface area contributed by atoms with E-state index in [4.69, 9.17) is 4.74 Å². The van der Waals surface area contributed by atoms with Crippen molar-refractivity contribution in [2.24, 2.45) is 0 Å². The average Bonchev–Trinajstić information content (AvgIpc) is 3.08. The van der Waals surface area contributed by atoms with Gasteiger partial charge in [-0.3, -0.25) is 9.36 Å². The van der Waals surface area contributed by atoms with Crippen LogP contribution in [0.1, 0.15) is 24.5 Å². The maximum Gasteiger partial charge on any atom is 0.233 e. The molecule has 1 aliphatic heterocycles. The third kappa shape index (κ3) is 4.22. The first-order valence-corrected chi connectivity index (χ1v) is 9.57. The molecule has 0 radical (unpaired) electrons. The number of morpholine rings is 1. The van der Waals surface area contributed by atoms with Crippen molar-refractivity contribution in [3.63, 3.8) is 0 Å². The number of aromatic nitrogens is 3. The van der Waals surface area contributed by atoms with E-state index in [9.17, 15) is 4.79 Å². The lowest BCUT2D eigenvalue weighted by molar-refractivity contribution is -0.135. The number of amides is 1. The molecule has 6 nitrogen and oxygen atoms in total. The second-order valence-electron chi connectivity index (χ2n) is 6.30. The Morgan fingerprint density at radius 1 is 1.40 bits per heavy atom. The Kier molecular flexibility index (Phi) is 5.75. The van der Waals surface area contributed by atoms with Crippen molar-refractivity contribution < 1.29 is 9.53 Å². The smallest absolute Gasteiger partial charge is 0.233 e. The Morgan fingerprint density at radius 2 is 2.24 bits per heavy atom. The fourth-order valence-electron chi connectivity index (χ4n) is 2.97. The summed E-state index contributed by atoms with van der Waals surface area (Å²) in [6, 6.07) is 6.27. The number of ether oxygens (including phenoxy) is 1. The zero-order chi connectivity index (χ0) is 17.8. The molecule has 3 rings (SSSR count). The fraction of sp³-hybridized carbons (Fsp3) is 0.500. The lowest BCUT2D eigenvalue weighted by atomic mass is 10.1. The van der Waals surface area contributed by atoms with Crippen LogP contribution in [0.25, 0.3) is 5.69 Å². The maximum atomic E-state index is 12.5. The molecule has 134 valence electrons. The zero-order valence-corrected chi connectivity index (χ0v) is 15.8. The topological polar surface area (TPSA) is 60.2 Å². The van der Waals surface area contributed by atoms with E-state index in [1.165, 1.54) is 17.3 Å². The van der Waals surface area contributed by atoms with E-state index in [0.717, 1.165) is 22.8 Å². The Hall–Kier alpha value is -1.86. The first-order chi connectivity index (χ1) is 12.1. The molecule has 0 N–H and O–H groups in total. The van der Waals surface area contributed by atoms with Crippen molar-refractivity contribution in [2.45, 2.75) is 38.5 Å². The molecule has 25 heavy (non-hydrogen) atoms. The SMILES string of the molecule is CC[C@H]1CN(C(=O)CSc2nncn2-c2ccc(C)cc2C)CCO1. The Balaban J connectivity index is 1.66. The molecule has 0 saturated carbocycles. The molecule has 0 unspecified atom stereocenters. The van der Waals surface area contributed by atoms with Crippen LogP contribution >= 0.6 is 11.8 Å². The van der Waals surface area contributed by atoms with E-state index < -0.39 is 0 Å². The number of nitrogens with zero attached hydrogens (tertiary/aromatic N) is 4. The molecule has 7 heteroatoms. The fourth-order valence-corrected chi connectivity index (χ4v) is 3.80. The van der Waals surface area contributed by atoms with Crippen molar-refractivity contribution in [3.05, 3.63) is 35.7 Å². The number of hydrogen-bond donors (Lipinski definition) is 0. The number of benzene rings is 1. The van der Waals surface area contributed by atoms with E-state index >= 15 is 0 Å². The second-order valence-corrected chi connectivity index (χ2v) is 7.25. The van der Waals surface area contributed by atoms with Gasteiger partial charge in [-0.15, -0.1) is 10.2 Å². The average molecular weight is 360 g/mol. The van der Waals surface area contributed by atoms with Gasteiger partial charge in [-0.2, -0.15) is 0 Å². The van der Waals surface area contributed by atoms with Crippen LogP contribution in [0.2, 0.25) is 0 Å². The van der Waals surface area contributed by atoms with Crippen LogP contribution in [-0.2, 0) is 9.53 Å². The van der Waals surface area contributed by atoms with E-state index in [-0.39, 0.29) is 12.0 Å². The summed E-state index contributed by atoms with van der Waals surface area (Å²) >= 11 is 1.43. The molecular formula is C18H24N4O2S. The summed E-state index contributed by atoms with van der Waals surface area (Å²) in [5.74, 6) is 0.488. The summed E-state index contributed by atoms with van der Waals surface area (Å²) in [6.07, 6.45) is 2.78. The zero-order valence-electron chi connectivity index (χ0n) is 14.9. The van der Waals surface area contributed by atoms with Crippen molar-refractivity contribution in [1.82, 2.24) is 19.7 Å². The first-order valence-electron chi connectivity index (χ1n) is 8.58. The van der Waals surface area contributed by atoms with Gasteiger partial charge in [0.25, 0.3) is 0 Å². The highest BCUT2D eigenvalue weighted by Gasteiger charge is 2.23. The van der Waals surface area contributed by atoms with Gasteiger partial charge < -0.3 is 9.64 Å². The first kappa shape index (κ1) is 17.9. The van der Waals surface area contributed by atoms with Crippen LogP contribution in [0.15, 0.2) is 29.7 Å². The van der Waals surface area contributed by atoms with E-state index in [1.54, 1.807) is 6.33 Å². The highest BCUT2D eigenvalue weighted by molar-refractivity contribution is 7.99. The molecule has 1 aliphatic rings. The molecule has 2 aromatic rings. The van der Waals surface area contributed by atoms with Crippen molar-refractivity contribution in [2.75, 3.05) is 25.4 Å². The number of carbonyl (C=O) groups excluding carboxylic acids is 1. The quantitative estimate of drug-likeness (QED) is 0.767. The molecule has 1 saturated heterocycles. The van der Waals surface area contributed by atoms with Crippen LogP contribution in [0.3, 0.4) is 0 Å². The summed E-state index contributed by atoms with van der Waals surface area (Å²) in [4.78, 5) is 14.4. The molecule has 1 aromatic carbocycles. The van der Waals surface area contributed by atoms with Crippen LogP contribution in [0, 0.1) is 13.8 Å².